The molecule has 0 heterocycles. The Hall–Kier alpha value is -1.06. The topological polar surface area (TPSA) is 38.5 Å². The lowest BCUT2D eigenvalue weighted by molar-refractivity contribution is 0.203. The van der Waals surface area contributed by atoms with E-state index in [4.69, 9.17) is 10.5 Å². The maximum atomic E-state index is 5.57. The second-order valence-corrected chi connectivity index (χ2v) is 4.65. The summed E-state index contributed by atoms with van der Waals surface area (Å²) in [6.07, 6.45) is 2.08. The summed E-state index contributed by atoms with van der Waals surface area (Å²) in [7, 11) is 1.75. The van der Waals surface area contributed by atoms with Crippen molar-refractivity contribution in [2.45, 2.75) is 32.7 Å². The molecule has 0 aromatic heterocycles. The predicted molar refractivity (Wildman–Crippen MR) is 78.2 cm³/mol. The maximum Gasteiger partial charge on any atom is 0.0637 e. The molecule has 0 saturated carbocycles. The first-order valence-corrected chi connectivity index (χ1v) is 6.77. The van der Waals surface area contributed by atoms with Gasteiger partial charge < -0.3 is 15.4 Å². The van der Waals surface area contributed by atoms with Crippen molar-refractivity contribution >= 4 is 5.69 Å². The number of benzene rings is 1. The van der Waals surface area contributed by atoms with Crippen LogP contribution in [0.2, 0.25) is 0 Å². The Morgan fingerprint density at radius 3 is 2.44 bits per heavy atom. The summed E-state index contributed by atoms with van der Waals surface area (Å²) >= 11 is 0. The molecule has 0 saturated heterocycles. The molecule has 2 N–H and O–H groups in total. The molecule has 0 aliphatic heterocycles. The van der Waals surface area contributed by atoms with Gasteiger partial charge in [0.1, 0.15) is 0 Å². The van der Waals surface area contributed by atoms with Gasteiger partial charge in [-0.25, -0.2) is 0 Å². The van der Waals surface area contributed by atoms with E-state index in [2.05, 4.69) is 43.0 Å². The van der Waals surface area contributed by atoms with E-state index in [-0.39, 0.29) is 0 Å². The number of hydrogen-bond acceptors (Lipinski definition) is 3. The van der Waals surface area contributed by atoms with Crippen LogP contribution in [0.4, 0.5) is 5.69 Å². The largest absolute Gasteiger partial charge is 0.383 e. The Morgan fingerprint density at radius 2 is 1.94 bits per heavy atom. The van der Waals surface area contributed by atoms with Gasteiger partial charge in [-0.15, -0.1) is 0 Å². The normalized spacial score (nSPS) is 12.4. The zero-order valence-corrected chi connectivity index (χ0v) is 11.9. The van der Waals surface area contributed by atoms with Crippen molar-refractivity contribution in [3.63, 3.8) is 0 Å². The zero-order chi connectivity index (χ0) is 13.4. The lowest BCUT2D eigenvalue weighted by Crippen LogP contribution is -2.35. The molecule has 0 radical (unpaired) electrons. The lowest BCUT2D eigenvalue weighted by atomic mass is 10.1. The number of anilines is 1. The number of nitrogens with two attached hydrogens (primary N) is 1. The highest BCUT2D eigenvalue weighted by Gasteiger charge is 2.12. The number of ether oxygens (including phenoxy) is 1. The highest BCUT2D eigenvalue weighted by atomic mass is 16.5. The fourth-order valence-corrected chi connectivity index (χ4v) is 2.03. The molecule has 0 bridgehead atoms. The van der Waals surface area contributed by atoms with Crippen LogP contribution >= 0.6 is 0 Å². The molecule has 1 aromatic rings. The summed E-state index contributed by atoms with van der Waals surface area (Å²) in [6.45, 7) is 6.87. The molecule has 18 heavy (non-hydrogen) atoms. The molecule has 0 amide bonds. The van der Waals surface area contributed by atoms with Crippen LogP contribution in [0.3, 0.4) is 0 Å². The van der Waals surface area contributed by atoms with E-state index in [1.807, 2.05) is 0 Å². The molecule has 0 spiro atoms. The van der Waals surface area contributed by atoms with Gasteiger partial charge in [-0.1, -0.05) is 19.1 Å². The molecule has 0 fully saturated rings. The van der Waals surface area contributed by atoms with Crippen molar-refractivity contribution in [1.29, 1.82) is 0 Å². The predicted octanol–water partition coefficient (Wildman–Crippen LogP) is 2.44. The molecule has 1 aromatic carbocycles. The van der Waals surface area contributed by atoms with Gasteiger partial charge in [0.05, 0.1) is 6.61 Å². The van der Waals surface area contributed by atoms with Gasteiger partial charge in [0.2, 0.25) is 0 Å². The van der Waals surface area contributed by atoms with E-state index in [9.17, 15) is 0 Å². The van der Waals surface area contributed by atoms with Crippen molar-refractivity contribution in [3.05, 3.63) is 29.8 Å². The maximum absolute atomic E-state index is 5.57. The summed E-state index contributed by atoms with van der Waals surface area (Å²) in [6, 6.07) is 9.24. The number of hydrogen-bond donors (Lipinski definition) is 1. The van der Waals surface area contributed by atoms with Crippen molar-refractivity contribution in [2.75, 3.05) is 31.7 Å². The molecule has 3 nitrogen and oxygen atoms in total. The van der Waals surface area contributed by atoms with Gasteiger partial charge in [-0.3, -0.25) is 0 Å². The van der Waals surface area contributed by atoms with E-state index < -0.39 is 0 Å². The van der Waals surface area contributed by atoms with Crippen LogP contribution in [-0.4, -0.2) is 32.8 Å². The first kappa shape index (κ1) is 15.0. The van der Waals surface area contributed by atoms with E-state index >= 15 is 0 Å². The van der Waals surface area contributed by atoms with Gasteiger partial charge in [0, 0.05) is 25.4 Å². The van der Waals surface area contributed by atoms with Gasteiger partial charge in [-0.05, 0) is 44.0 Å². The average Bonchev–Trinajstić information content (AvgIpc) is 2.41. The molecule has 0 aliphatic rings. The molecular formula is C15H26N2O. The van der Waals surface area contributed by atoms with Crippen LogP contribution in [0.15, 0.2) is 24.3 Å². The van der Waals surface area contributed by atoms with Crippen molar-refractivity contribution in [3.8, 4) is 0 Å². The second kappa shape index (κ2) is 8.11. The second-order valence-electron chi connectivity index (χ2n) is 4.65. The monoisotopic (exact) mass is 250 g/mol. The fraction of sp³-hybridized carbons (Fsp3) is 0.600. The van der Waals surface area contributed by atoms with Gasteiger partial charge in [0.15, 0.2) is 0 Å². The van der Waals surface area contributed by atoms with E-state index in [1.54, 1.807) is 7.11 Å². The third-order valence-electron chi connectivity index (χ3n) is 3.36. The average molecular weight is 250 g/mol. The van der Waals surface area contributed by atoms with E-state index in [0.29, 0.717) is 12.6 Å². The minimum absolute atomic E-state index is 0.528. The molecular weight excluding hydrogens is 224 g/mol. The van der Waals surface area contributed by atoms with Crippen LogP contribution in [-0.2, 0) is 11.2 Å². The Labute approximate surface area is 111 Å². The van der Waals surface area contributed by atoms with E-state index in [1.165, 1.54) is 11.3 Å². The number of nitrogens with zero attached hydrogens (tertiary/aromatic N) is 1. The summed E-state index contributed by atoms with van der Waals surface area (Å²) < 4.78 is 5.19. The molecule has 1 unspecified atom stereocenters. The van der Waals surface area contributed by atoms with Gasteiger partial charge in [0.25, 0.3) is 0 Å². The summed E-state index contributed by atoms with van der Waals surface area (Å²) in [4.78, 5) is 2.40. The first-order chi connectivity index (χ1) is 8.72. The SMILES string of the molecule is CCC(C)N(CCOC)c1ccc(CCN)cc1. The lowest BCUT2D eigenvalue weighted by Gasteiger charge is -2.30. The molecule has 102 valence electrons. The van der Waals surface area contributed by atoms with Crippen LogP contribution in [0, 0.1) is 0 Å². The van der Waals surface area contributed by atoms with Crippen molar-refractivity contribution in [1.82, 2.24) is 0 Å². The Kier molecular flexibility index (Phi) is 6.76. The third-order valence-corrected chi connectivity index (χ3v) is 3.36. The Morgan fingerprint density at radius 1 is 1.28 bits per heavy atom. The van der Waals surface area contributed by atoms with Crippen LogP contribution in [0.5, 0.6) is 0 Å². The van der Waals surface area contributed by atoms with Crippen LogP contribution < -0.4 is 10.6 Å². The van der Waals surface area contributed by atoms with E-state index in [0.717, 1.165) is 26.0 Å². The van der Waals surface area contributed by atoms with Crippen LogP contribution in [0.25, 0.3) is 0 Å². The minimum atomic E-state index is 0.528. The van der Waals surface area contributed by atoms with Gasteiger partial charge in [-0.2, -0.15) is 0 Å². The smallest absolute Gasteiger partial charge is 0.0637 e. The highest BCUT2D eigenvalue weighted by Crippen LogP contribution is 2.19. The standard InChI is InChI=1S/C15H26N2O/c1-4-13(2)17(11-12-18-3)15-7-5-14(6-8-15)9-10-16/h5-8,13H,4,9-12,16H2,1-3H3. The fourth-order valence-electron chi connectivity index (χ4n) is 2.03. The molecule has 1 atom stereocenters. The zero-order valence-electron chi connectivity index (χ0n) is 11.9. The van der Waals surface area contributed by atoms with Crippen molar-refractivity contribution < 1.29 is 4.74 Å². The molecule has 3 heteroatoms. The van der Waals surface area contributed by atoms with Gasteiger partial charge >= 0.3 is 0 Å². The number of methoxy groups -OCH3 is 1. The Balaban J connectivity index is 2.77. The summed E-state index contributed by atoms with van der Waals surface area (Å²) in [5.74, 6) is 0. The minimum Gasteiger partial charge on any atom is -0.383 e. The third kappa shape index (κ3) is 4.31. The summed E-state index contributed by atoms with van der Waals surface area (Å²) in [5, 5.41) is 0. The quantitative estimate of drug-likeness (QED) is 0.770. The molecule has 1 rings (SSSR count). The Bertz CT molecular complexity index is 324. The highest BCUT2D eigenvalue weighted by molar-refractivity contribution is 5.48. The van der Waals surface area contributed by atoms with Crippen LogP contribution in [0.1, 0.15) is 25.8 Å². The van der Waals surface area contributed by atoms with Crippen molar-refractivity contribution in [2.24, 2.45) is 5.73 Å². The molecule has 0 aliphatic carbocycles. The summed E-state index contributed by atoms with van der Waals surface area (Å²) in [5.41, 5.74) is 8.14. The first-order valence-electron chi connectivity index (χ1n) is 6.77. The number of rotatable bonds is 8.